The Hall–Kier alpha value is -1.58. The molecule has 9 heteroatoms. The largest absolute Gasteiger partial charge is 0.330 e. The van der Waals surface area contributed by atoms with Gasteiger partial charge in [-0.15, -0.1) is 0 Å². The third-order valence-corrected chi connectivity index (χ3v) is 5.49. The molecule has 1 heterocycles. The summed E-state index contributed by atoms with van der Waals surface area (Å²) in [7, 11) is -4.25. The molecule has 1 saturated heterocycles. The summed E-state index contributed by atoms with van der Waals surface area (Å²) in [6.45, 7) is 0.694. The summed E-state index contributed by atoms with van der Waals surface area (Å²) in [4.78, 5) is 9.20. The first kappa shape index (κ1) is 15.8. The second-order valence-electron chi connectivity index (χ2n) is 4.95. The van der Waals surface area contributed by atoms with Crippen molar-refractivity contribution in [3.8, 4) is 0 Å². The normalized spacial score (nSPS) is 20.4. The summed E-state index contributed by atoms with van der Waals surface area (Å²) < 4.78 is 40.1. The van der Waals surface area contributed by atoms with Crippen molar-refractivity contribution in [2.75, 3.05) is 19.6 Å². The maximum Gasteiger partial charge on any atom is 0.292 e. The minimum Gasteiger partial charge on any atom is -0.330 e. The van der Waals surface area contributed by atoms with Gasteiger partial charge in [-0.05, 0) is 31.4 Å². The van der Waals surface area contributed by atoms with E-state index >= 15 is 0 Å². The molecule has 1 aromatic rings. The lowest BCUT2D eigenvalue weighted by molar-refractivity contribution is -0.388. The van der Waals surface area contributed by atoms with E-state index in [4.69, 9.17) is 5.73 Å². The second kappa shape index (κ2) is 6.04. The van der Waals surface area contributed by atoms with Crippen LogP contribution in [0.2, 0.25) is 0 Å². The van der Waals surface area contributed by atoms with Crippen molar-refractivity contribution in [2.24, 2.45) is 11.7 Å². The van der Waals surface area contributed by atoms with Gasteiger partial charge in [-0.25, -0.2) is 12.8 Å². The average molecular weight is 317 g/mol. The molecule has 0 amide bonds. The summed E-state index contributed by atoms with van der Waals surface area (Å²) in [5.41, 5.74) is 4.81. The Labute approximate surface area is 121 Å². The first-order chi connectivity index (χ1) is 9.87. The van der Waals surface area contributed by atoms with Crippen LogP contribution in [0.15, 0.2) is 23.1 Å². The highest BCUT2D eigenvalue weighted by Gasteiger charge is 2.37. The number of nitro benzene ring substituents is 1. The minimum atomic E-state index is -4.25. The van der Waals surface area contributed by atoms with Crippen LogP contribution in [-0.2, 0) is 10.0 Å². The maximum atomic E-state index is 13.9. The van der Waals surface area contributed by atoms with Gasteiger partial charge in [0.25, 0.3) is 15.7 Å². The fourth-order valence-corrected chi connectivity index (χ4v) is 4.22. The second-order valence-corrected chi connectivity index (χ2v) is 6.83. The molecule has 1 aliphatic heterocycles. The molecule has 0 spiro atoms. The average Bonchev–Trinajstić information content (AvgIpc) is 2.46. The fourth-order valence-electron chi connectivity index (χ4n) is 2.46. The Morgan fingerprint density at radius 3 is 2.81 bits per heavy atom. The first-order valence-corrected chi connectivity index (χ1v) is 7.95. The van der Waals surface area contributed by atoms with Crippen molar-refractivity contribution < 1.29 is 17.7 Å². The van der Waals surface area contributed by atoms with Gasteiger partial charge in [0.2, 0.25) is 0 Å². The van der Waals surface area contributed by atoms with Crippen molar-refractivity contribution in [3.63, 3.8) is 0 Å². The molecule has 116 valence electrons. The summed E-state index contributed by atoms with van der Waals surface area (Å²) in [5.74, 6) is -1.13. The lowest BCUT2D eigenvalue weighted by Crippen LogP contribution is -2.42. The molecule has 0 saturated carbocycles. The molecule has 1 unspecified atom stereocenters. The third kappa shape index (κ3) is 3.04. The number of nitrogens with zero attached hydrogens (tertiary/aromatic N) is 2. The molecule has 1 aliphatic rings. The number of halogens is 1. The van der Waals surface area contributed by atoms with Gasteiger partial charge in [0.15, 0.2) is 4.90 Å². The number of nitrogens with two attached hydrogens (primary N) is 1. The Bertz CT molecular complexity index is 650. The van der Waals surface area contributed by atoms with Gasteiger partial charge in [0.05, 0.1) is 4.92 Å². The van der Waals surface area contributed by atoms with Gasteiger partial charge in [-0.3, -0.25) is 10.1 Å². The van der Waals surface area contributed by atoms with E-state index in [0.29, 0.717) is 13.0 Å². The van der Waals surface area contributed by atoms with Gasteiger partial charge in [0, 0.05) is 19.2 Å². The van der Waals surface area contributed by atoms with E-state index < -0.39 is 31.3 Å². The van der Waals surface area contributed by atoms with E-state index in [1.807, 2.05) is 0 Å². The van der Waals surface area contributed by atoms with E-state index in [0.717, 1.165) is 28.9 Å². The van der Waals surface area contributed by atoms with E-state index in [1.54, 1.807) is 0 Å². The highest BCUT2D eigenvalue weighted by molar-refractivity contribution is 7.89. The molecule has 0 aromatic heterocycles. The highest BCUT2D eigenvalue weighted by Crippen LogP contribution is 2.31. The quantitative estimate of drug-likeness (QED) is 0.661. The standard InChI is InChI=1S/C12H16FN3O4S/c13-10-4-1-5-11(16(17)18)12(10)21(19,20)15-6-2-3-9(7-14)8-15/h1,4-5,9H,2-3,6-8,14H2. The zero-order valence-corrected chi connectivity index (χ0v) is 12.1. The Morgan fingerprint density at radius 2 is 2.19 bits per heavy atom. The molecule has 21 heavy (non-hydrogen) atoms. The van der Waals surface area contributed by atoms with Crippen molar-refractivity contribution in [3.05, 3.63) is 34.1 Å². The van der Waals surface area contributed by atoms with Crippen LogP contribution in [-0.4, -0.2) is 37.3 Å². The zero-order chi connectivity index (χ0) is 15.6. The summed E-state index contributed by atoms with van der Waals surface area (Å²) in [6.07, 6.45) is 1.39. The van der Waals surface area contributed by atoms with Crippen LogP contribution in [0.3, 0.4) is 0 Å². The van der Waals surface area contributed by atoms with Crippen molar-refractivity contribution in [2.45, 2.75) is 17.7 Å². The third-order valence-electron chi connectivity index (χ3n) is 3.56. The topological polar surface area (TPSA) is 107 Å². The molecule has 1 fully saturated rings. The molecule has 7 nitrogen and oxygen atoms in total. The van der Waals surface area contributed by atoms with Crippen LogP contribution >= 0.6 is 0 Å². The molecule has 2 N–H and O–H groups in total. The van der Waals surface area contributed by atoms with Crippen molar-refractivity contribution >= 4 is 15.7 Å². The number of nitro groups is 1. The monoisotopic (exact) mass is 317 g/mol. The first-order valence-electron chi connectivity index (χ1n) is 6.51. The Balaban J connectivity index is 2.47. The molecule has 0 radical (unpaired) electrons. The predicted octanol–water partition coefficient (Wildman–Crippen LogP) is 1.09. The summed E-state index contributed by atoms with van der Waals surface area (Å²) in [6, 6.07) is 3.01. The number of rotatable bonds is 4. The van der Waals surface area contributed by atoms with Crippen molar-refractivity contribution in [1.29, 1.82) is 0 Å². The fraction of sp³-hybridized carbons (Fsp3) is 0.500. The predicted molar refractivity (Wildman–Crippen MR) is 73.6 cm³/mol. The Morgan fingerprint density at radius 1 is 1.48 bits per heavy atom. The SMILES string of the molecule is NCC1CCCN(S(=O)(=O)c2c(F)cccc2[N+](=O)[O-])C1. The molecule has 1 aromatic carbocycles. The smallest absolute Gasteiger partial charge is 0.292 e. The van der Waals surface area contributed by atoms with Crippen molar-refractivity contribution in [1.82, 2.24) is 4.31 Å². The zero-order valence-electron chi connectivity index (χ0n) is 11.2. The van der Waals surface area contributed by atoms with Crippen LogP contribution in [0, 0.1) is 21.8 Å². The number of piperidine rings is 1. The number of sulfonamides is 1. The summed E-state index contributed by atoms with van der Waals surface area (Å²) >= 11 is 0. The lowest BCUT2D eigenvalue weighted by Gasteiger charge is -2.31. The van der Waals surface area contributed by atoms with E-state index in [1.165, 1.54) is 0 Å². The summed E-state index contributed by atoms with van der Waals surface area (Å²) in [5, 5.41) is 11.0. The van der Waals surface area contributed by atoms with Crippen LogP contribution in [0.5, 0.6) is 0 Å². The van der Waals surface area contributed by atoms with Gasteiger partial charge in [-0.2, -0.15) is 4.31 Å². The lowest BCUT2D eigenvalue weighted by atomic mass is 10.0. The van der Waals surface area contributed by atoms with Gasteiger partial charge in [0.1, 0.15) is 5.82 Å². The van der Waals surface area contributed by atoms with Gasteiger partial charge in [-0.1, -0.05) is 6.07 Å². The Kier molecular flexibility index (Phi) is 4.55. The van der Waals surface area contributed by atoms with E-state index in [2.05, 4.69) is 0 Å². The van der Waals surface area contributed by atoms with Crippen LogP contribution in [0.1, 0.15) is 12.8 Å². The van der Waals surface area contributed by atoms with E-state index in [-0.39, 0.29) is 19.0 Å². The molecule has 0 aliphatic carbocycles. The number of benzene rings is 1. The van der Waals surface area contributed by atoms with E-state index in [9.17, 15) is 22.9 Å². The van der Waals surface area contributed by atoms with Gasteiger partial charge < -0.3 is 5.73 Å². The molecular formula is C12H16FN3O4S. The van der Waals surface area contributed by atoms with Crippen LogP contribution in [0.25, 0.3) is 0 Å². The molecule has 1 atom stereocenters. The van der Waals surface area contributed by atoms with Crippen LogP contribution in [0.4, 0.5) is 10.1 Å². The minimum absolute atomic E-state index is 0.0145. The number of hydrogen-bond acceptors (Lipinski definition) is 5. The van der Waals surface area contributed by atoms with Crippen LogP contribution < -0.4 is 5.73 Å². The van der Waals surface area contributed by atoms with Gasteiger partial charge >= 0.3 is 0 Å². The molecule has 2 rings (SSSR count). The molecular weight excluding hydrogens is 301 g/mol. The highest BCUT2D eigenvalue weighted by atomic mass is 32.2. The maximum absolute atomic E-state index is 13.9. The molecule has 0 bridgehead atoms. The number of hydrogen-bond donors (Lipinski definition) is 1.